The fraction of sp³-hybridized carbons (Fsp3) is 0.643. The Kier molecular flexibility index (Phi) is 5.02. The number of likely N-dealkylation sites (N-methyl/N-ethyl adjacent to an activating group) is 1. The zero-order valence-electron chi connectivity index (χ0n) is 13.1. The van der Waals surface area contributed by atoms with Gasteiger partial charge in [0.25, 0.3) is 0 Å². The van der Waals surface area contributed by atoms with E-state index >= 15 is 0 Å². The van der Waals surface area contributed by atoms with Gasteiger partial charge in [-0.15, -0.1) is 5.10 Å². The molecule has 1 atom stereocenters. The lowest BCUT2D eigenvalue weighted by Gasteiger charge is -2.28. The number of halogens is 2. The van der Waals surface area contributed by atoms with E-state index in [2.05, 4.69) is 15.1 Å². The smallest absolute Gasteiger partial charge is 0.410 e. The van der Waals surface area contributed by atoms with Crippen molar-refractivity contribution in [2.45, 2.75) is 38.8 Å². The first-order valence-corrected chi connectivity index (χ1v) is 7.82. The van der Waals surface area contributed by atoms with E-state index in [1.807, 2.05) is 20.8 Å². The zero-order valence-corrected chi connectivity index (χ0v) is 14.6. The summed E-state index contributed by atoms with van der Waals surface area (Å²) >= 11 is 12.1. The number of ether oxygens (including phenoxy) is 1. The highest BCUT2D eigenvalue weighted by Crippen LogP contribution is 2.32. The molecular weight excluding hydrogens is 327 g/mol. The van der Waals surface area contributed by atoms with E-state index in [1.165, 1.54) is 0 Å². The summed E-state index contributed by atoms with van der Waals surface area (Å²) in [5, 5.41) is 8.11. The van der Waals surface area contributed by atoms with Crippen LogP contribution >= 0.6 is 23.2 Å². The molecule has 1 saturated heterocycles. The molecule has 2 heterocycles. The maximum absolute atomic E-state index is 12.1. The molecule has 1 aromatic rings. The van der Waals surface area contributed by atoms with Crippen molar-refractivity contribution in [3.63, 3.8) is 0 Å². The molecule has 0 aromatic carbocycles. The van der Waals surface area contributed by atoms with Crippen molar-refractivity contribution in [2.24, 2.45) is 0 Å². The first-order chi connectivity index (χ1) is 10.2. The fourth-order valence-electron chi connectivity index (χ4n) is 2.32. The van der Waals surface area contributed by atoms with E-state index in [0.717, 1.165) is 18.7 Å². The second kappa shape index (κ2) is 6.46. The first kappa shape index (κ1) is 17.1. The van der Waals surface area contributed by atoms with Gasteiger partial charge in [0.15, 0.2) is 5.15 Å². The number of hydrogen-bond acceptors (Lipinski definition) is 5. The molecule has 1 aliphatic rings. The quantitative estimate of drug-likeness (QED) is 0.822. The Morgan fingerprint density at radius 3 is 2.77 bits per heavy atom. The maximum Gasteiger partial charge on any atom is 0.410 e. The van der Waals surface area contributed by atoms with Gasteiger partial charge in [-0.3, -0.25) is 0 Å². The Bertz CT molecular complexity index is 562. The van der Waals surface area contributed by atoms with E-state index in [9.17, 15) is 4.79 Å². The minimum absolute atomic E-state index is 0.0536. The summed E-state index contributed by atoms with van der Waals surface area (Å²) in [5.41, 5.74) is 0.233. The molecule has 0 aliphatic carbocycles. The second-order valence-corrected chi connectivity index (χ2v) is 7.05. The fourth-order valence-corrected chi connectivity index (χ4v) is 2.67. The van der Waals surface area contributed by atoms with Gasteiger partial charge in [-0.25, -0.2) is 4.79 Å². The topological polar surface area (TPSA) is 58.6 Å². The molecule has 8 heteroatoms. The van der Waals surface area contributed by atoms with Crippen molar-refractivity contribution < 1.29 is 9.53 Å². The molecule has 0 bridgehead atoms. The average Bonchev–Trinajstić information content (AvgIpc) is 2.88. The van der Waals surface area contributed by atoms with E-state index in [4.69, 9.17) is 27.9 Å². The summed E-state index contributed by atoms with van der Waals surface area (Å²) in [7, 11) is 1.75. The van der Waals surface area contributed by atoms with E-state index in [1.54, 1.807) is 18.1 Å². The van der Waals surface area contributed by atoms with Crippen molar-refractivity contribution in [2.75, 3.05) is 25.0 Å². The van der Waals surface area contributed by atoms with Gasteiger partial charge in [0.1, 0.15) is 10.6 Å². The van der Waals surface area contributed by atoms with Crippen molar-refractivity contribution >= 4 is 35.0 Å². The van der Waals surface area contributed by atoms with Gasteiger partial charge in [-0.2, -0.15) is 5.10 Å². The summed E-state index contributed by atoms with van der Waals surface area (Å²) in [5.74, 6) is 0. The van der Waals surface area contributed by atoms with Gasteiger partial charge in [-0.1, -0.05) is 23.2 Å². The third-order valence-electron chi connectivity index (χ3n) is 3.46. The third kappa shape index (κ3) is 3.93. The van der Waals surface area contributed by atoms with Crippen LogP contribution in [-0.2, 0) is 4.74 Å². The van der Waals surface area contributed by atoms with Crippen LogP contribution in [0, 0.1) is 0 Å². The molecule has 0 spiro atoms. The van der Waals surface area contributed by atoms with Crippen LogP contribution in [0.4, 0.5) is 10.5 Å². The summed E-state index contributed by atoms with van der Waals surface area (Å²) in [6.07, 6.45) is 2.09. The molecular formula is C14H20Cl2N4O2. The Labute approximate surface area is 140 Å². The number of carbonyl (C=O) groups is 1. The lowest BCUT2D eigenvalue weighted by atomic mass is 10.2. The molecule has 1 aliphatic heterocycles. The summed E-state index contributed by atoms with van der Waals surface area (Å²) in [6.45, 7) is 6.97. The Morgan fingerprint density at radius 2 is 2.14 bits per heavy atom. The third-order valence-corrected chi connectivity index (χ3v) is 4.20. The molecule has 122 valence electrons. The molecule has 6 nitrogen and oxygen atoms in total. The number of anilines is 1. The normalized spacial score (nSPS) is 18.5. The SMILES string of the molecule is CN(C(=O)OC(C)(C)C)C1CCN(c2cnnc(Cl)c2Cl)C1. The van der Waals surface area contributed by atoms with Crippen molar-refractivity contribution in [1.29, 1.82) is 0 Å². The lowest BCUT2D eigenvalue weighted by Crippen LogP contribution is -2.42. The number of aromatic nitrogens is 2. The lowest BCUT2D eigenvalue weighted by molar-refractivity contribution is 0.0238. The molecule has 2 rings (SSSR count). The molecule has 0 radical (unpaired) electrons. The van der Waals surface area contributed by atoms with Gasteiger partial charge in [-0.05, 0) is 27.2 Å². The molecule has 1 aromatic heterocycles. The van der Waals surface area contributed by atoms with Gasteiger partial charge >= 0.3 is 6.09 Å². The Balaban J connectivity index is 2.03. The first-order valence-electron chi connectivity index (χ1n) is 7.06. The van der Waals surface area contributed by atoms with Gasteiger partial charge in [0.2, 0.25) is 0 Å². The monoisotopic (exact) mass is 346 g/mol. The van der Waals surface area contributed by atoms with Crippen molar-refractivity contribution in [1.82, 2.24) is 15.1 Å². The maximum atomic E-state index is 12.1. The van der Waals surface area contributed by atoms with Crippen LogP contribution in [0.1, 0.15) is 27.2 Å². The highest BCUT2D eigenvalue weighted by Gasteiger charge is 2.32. The minimum Gasteiger partial charge on any atom is -0.444 e. The number of rotatable bonds is 2. The largest absolute Gasteiger partial charge is 0.444 e. The van der Waals surface area contributed by atoms with E-state index in [0.29, 0.717) is 11.6 Å². The van der Waals surface area contributed by atoms with Crippen LogP contribution in [0.2, 0.25) is 10.2 Å². The highest BCUT2D eigenvalue weighted by atomic mass is 35.5. The number of carbonyl (C=O) groups excluding carboxylic acids is 1. The van der Waals surface area contributed by atoms with Gasteiger partial charge in [0.05, 0.1) is 17.9 Å². The number of amides is 1. The molecule has 0 saturated carbocycles. The molecule has 22 heavy (non-hydrogen) atoms. The van der Waals surface area contributed by atoms with Crippen LogP contribution in [0.25, 0.3) is 0 Å². The summed E-state index contributed by atoms with van der Waals surface area (Å²) in [6, 6.07) is 0.0536. The van der Waals surface area contributed by atoms with E-state index in [-0.39, 0.29) is 17.3 Å². The van der Waals surface area contributed by atoms with Crippen molar-refractivity contribution in [3.05, 3.63) is 16.4 Å². The average molecular weight is 347 g/mol. The van der Waals surface area contributed by atoms with Crippen molar-refractivity contribution in [3.8, 4) is 0 Å². The predicted octanol–water partition coefficient (Wildman–Crippen LogP) is 3.23. The van der Waals surface area contributed by atoms with Crippen LogP contribution in [0.5, 0.6) is 0 Å². The predicted molar refractivity (Wildman–Crippen MR) is 86.7 cm³/mol. The molecule has 1 amide bonds. The number of hydrogen-bond donors (Lipinski definition) is 0. The van der Waals surface area contributed by atoms with Crippen LogP contribution in [0.15, 0.2) is 6.20 Å². The summed E-state index contributed by atoms with van der Waals surface area (Å²) in [4.78, 5) is 15.8. The van der Waals surface area contributed by atoms with Crippen LogP contribution in [-0.4, -0.2) is 53.0 Å². The zero-order chi connectivity index (χ0) is 16.5. The minimum atomic E-state index is -0.504. The van der Waals surface area contributed by atoms with Crippen LogP contribution in [0.3, 0.4) is 0 Å². The highest BCUT2D eigenvalue weighted by molar-refractivity contribution is 6.42. The van der Waals surface area contributed by atoms with Crippen LogP contribution < -0.4 is 4.90 Å². The molecule has 1 unspecified atom stereocenters. The van der Waals surface area contributed by atoms with E-state index < -0.39 is 5.60 Å². The standard InChI is InChI=1S/C14H20Cl2N4O2/c1-14(2,3)22-13(21)19(4)9-5-6-20(8-9)10-7-17-18-12(16)11(10)15/h7,9H,5-6,8H2,1-4H3. The number of nitrogens with zero attached hydrogens (tertiary/aromatic N) is 4. The Morgan fingerprint density at radius 1 is 1.45 bits per heavy atom. The molecule has 0 N–H and O–H groups in total. The second-order valence-electron chi connectivity index (χ2n) is 6.31. The Hall–Kier alpha value is -1.27. The van der Waals surface area contributed by atoms with Gasteiger partial charge in [0, 0.05) is 20.1 Å². The summed E-state index contributed by atoms with van der Waals surface area (Å²) < 4.78 is 5.39. The van der Waals surface area contributed by atoms with Gasteiger partial charge < -0.3 is 14.5 Å². The molecule has 1 fully saturated rings.